The number of nitrogens with zero attached hydrogens (tertiary/aromatic N) is 1. The zero-order valence-corrected chi connectivity index (χ0v) is 12.0. The van der Waals surface area contributed by atoms with Crippen LogP contribution in [0.4, 0.5) is 10.1 Å². The molecule has 0 unspecified atom stereocenters. The van der Waals surface area contributed by atoms with Gasteiger partial charge in [0.2, 0.25) is 10.0 Å². The Morgan fingerprint density at radius 2 is 2.00 bits per heavy atom. The van der Waals surface area contributed by atoms with Gasteiger partial charge in [0.15, 0.2) is 0 Å². The fourth-order valence-electron chi connectivity index (χ4n) is 1.50. The highest BCUT2D eigenvalue weighted by Gasteiger charge is 2.13. The van der Waals surface area contributed by atoms with Gasteiger partial charge >= 0.3 is 0 Å². The number of amides is 1. The molecule has 0 saturated carbocycles. The van der Waals surface area contributed by atoms with E-state index in [-0.39, 0.29) is 21.2 Å². The number of nitrogens with one attached hydrogen (secondary N) is 1. The van der Waals surface area contributed by atoms with Gasteiger partial charge in [-0.15, -0.1) is 0 Å². The first-order chi connectivity index (χ1) is 9.77. The van der Waals surface area contributed by atoms with Crippen LogP contribution in [0.3, 0.4) is 0 Å². The van der Waals surface area contributed by atoms with Crippen LogP contribution in [0.1, 0.15) is 10.4 Å². The second kappa shape index (κ2) is 5.76. The fourth-order valence-corrected chi connectivity index (χ4v) is 2.34. The maximum Gasteiger partial charge on any atom is 0.257 e. The van der Waals surface area contributed by atoms with Crippen LogP contribution < -0.4 is 10.5 Å². The zero-order valence-electron chi connectivity index (χ0n) is 10.4. The molecule has 1 aromatic carbocycles. The highest BCUT2D eigenvalue weighted by molar-refractivity contribution is 7.89. The van der Waals surface area contributed by atoms with E-state index in [0.717, 1.165) is 18.3 Å². The van der Waals surface area contributed by atoms with Crippen molar-refractivity contribution in [3.63, 3.8) is 0 Å². The monoisotopic (exact) mass is 329 g/mol. The quantitative estimate of drug-likeness (QED) is 0.895. The van der Waals surface area contributed by atoms with Gasteiger partial charge in [-0.25, -0.2) is 17.9 Å². The third-order valence-corrected chi connectivity index (χ3v) is 3.71. The summed E-state index contributed by atoms with van der Waals surface area (Å²) in [6, 6.07) is 4.60. The van der Waals surface area contributed by atoms with Crippen molar-refractivity contribution in [1.29, 1.82) is 0 Å². The molecule has 2 aromatic rings. The van der Waals surface area contributed by atoms with Gasteiger partial charge in [0.25, 0.3) is 5.91 Å². The molecule has 0 aliphatic rings. The van der Waals surface area contributed by atoms with Crippen LogP contribution in [0.25, 0.3) is 0 Å². The van der Waals surface area contributed by atoms with E-state index >= 15 is 0 Å². The number of sulfonamides is 1. The third-order valence-electron chi connectivity index (χ3n) is 2.48. The van der Waals surface area contributed by atoms with Crippen molar-refractivity contribution in [2.24, 2.45) is 5.14 Å². The van der Waals surface area contributed by atoms with Crippen molar-refractivity contribution in [2.75, 3.05) is 5.32 Å². The molecule has 1 aromatic heterocycles. The summed E-state index contributed by atoms with van der Waals surface area (Å²) < 4.78 is 35.3. The third kappa shape index (κ3) is 3.75. The second-order valence-electron chi connectivity index (χ2n) is 4.03. The predicted molar refractivity (Wildman–Crippen MR) is 75.0 cm³/mol. The number of carbonyl (C=O) groups excluding carboxylic acids is 1. The fraction of sp³-hybridized carbons (Fsp3) is 0. The number of hydrogen-bond acceptors (Lipinski definition) is 4. The van der Waals surface area contributed by atoms with Gasteiger partial charge in [-0.3, -0.25) is 9.78 Å². The number of halogens is 2. The second-order valence-corrected chi connectivity index (χ2v) is 6.00. The number of rotatable bonds is 3. The number of carbonyl (C=O) groups is 1. The molecule has 9 heteroatoms. The number of anilines is 1. The average Bonchev–Trinajstić information content (AvgIpc) is 2.39. The Labute approximate surface area is 124 Å². The molecule has 0 bridgehead atoms. The van der Waals surface area contributed by atoms with Crippen LogP contribution in [0.15, 0.2) is 41.6 Å². The van der Waals surface area contributed by atoms with Crippen LogP contribution in [0.5, 0.6) is 0 Å². The minimum atomic E-state index is -3.89. The summed E-state index contributed by atoms with van der Waals surface area (Å²) in [5.41, 5.74) is 0.167. The largest absolute Gasteiger partial charge is 0.321 e. The van der Waals surface area contributed by atoms with Gasteiger partial charge in [0.05, 0.1) is 27.4 Å². The molecule has 0 radical (unpaired) electrons. The molecule has 21 heavy (non-hydrogen) atoms. The lowest BCUT2D eigenvalue weighted by Crippen LogP contribution is -2.14. The highest BCUT2D eigenvalue weighted by atomic mass is 35.5. The van der Waals surface area contributed by atoms with Gasteiger partial charge in [-0.1, -0.05) is 11.6 Å². The summed E-state index contributed by atoms with van der Waals surface area (Å²) in [6.45, 7) is 0. The maximum atomic E-state index is 13.0. The molecule has 0 aliphatic carbocycles. The molecule has 0 atom stereocenters. The Hall–Kier alpha value is -2.03. The number of pyridine rings is 1. The molecule has 6 nitrogen and oxygen atoms in total. The van der Waals surface area contributed by atoms with E-state index in [9.17, 15) is 17.6 Å². The van der Waals surface area contributed by atoms with Crippen LogP contribution in [0.2, 0.25) is 5.02 Å². The van der Waals surface area contributed by atoms with Gasteiger partial charge in [-0.2, -0.15) is 0 Å². The van der Waals surface area contributed by atoms with E-state index in [1.54, 1.807) is 0 Å². The van der Waals surface area contributed by atoms with Crippen LogP contribution in [-0.2, 0) is 10.0 Å². The van der Waals surface area contributed by atoms with E-state index in [2.05, 4.69) is 10.3 Å². The first-order valence-corrected chi connectivity index (χ1v) is 7.44. The molecule has 1 heterocycles. The van der Waals surface area contributed by atoms with Crippen molar-refractivity contribution < 1.29 is 17.6 Å². The topological polar surface area (TPSA) is 102 Å². The van der Waals surface area contributed by atoms with Crippen LogP contribution in [-0.4, -0.2) is 19.3 Å². The summed E-state index contributed by atoms with van der Waals surface area (Å²) in [4.78, 5) is 15.2. The van der Waals surface area contributed by atoms with E-state index in [0.29, 0.717) is 0 Å². The minimum Gasteiger partial charge on any atom is -0.321 e. The normalized spacial score (nSPS) is 11.2. The lowest BCUT2D eigenvalue weighted by molar-refractivity contribution is 0.102. The Morgan fingerprint density at radius 1 is 1.29 bits per heavy atom. The molecule has 0 fully saturated rings. The van der Waals surface area contributed by atoms with E-state index in [4.69, 9.17) is 16.7 Å². The summed E-state index contributed by atoms with van der Waals surface area (Å²) in [7, 11) is -3.89. The molecular weight excluding hydrogens is 321 g/mol. The minimum absolute atomic E-state index is 0.00147. The van der Waals surface area contributed by atoms with Crippen molar-refractivity contribution in [1.82, 2.24) is 4.98 Å². The molecule has 1 amide bonds. The molecule has 3 N–H and O–H groups in total. The molecular formula is C12H9ClFN3O3S. The van der Waals surface area contributed by atoms with Gasteiger partial charge in [-0.05, 0) is 24.3 Å². The van der Waals surface area contributed by atoms with Crippen LogP contribution in [0, 0.1) is 5.82 Å². The predicted octanol–water partition coefficient (Wildman–Crippen LogP) is 1.77. The first-order valence-electron chi connectivity index (χ1n) is 5.51. The number of hydrogen-bond donors (Lipinski definition) is 2. The molecule has 2 rings (SSSR count). The SMILES string of the molecule is NS(=O)(=O)c1ccc(NC(=O)c2cncc(F)c2)c(Cl)c1. The number of benzene rings is 1. The van der Waals surface area contributed by atoms with Gasteiger partial charge < -0.3 is 5.32 Å². The van der Waals surface area contributed by atoms with E-state index in [1.807, 2.05) is 0 Å². The molecule has 0 saturated heterocycles. The Bertz CT molecular complexity index is 811. The van der Waals surface area contributed by atoms with Gasteiger partial charge in [0, 0.05) is 6.20 Å². The lowest BCUT2D eigenvalue weighted by atomic mass is 10.2. The number of nitrogens with two attached hydrogens (primary N) is 1. The summed E-state index contributed by atoms with van der Waals surface area (Å²) in [6.07, 6.45) is 2.15. The van der Waals surface area contributed by atoms with Crippen molar-refractivity contribution >= 4 is 33.2 Å². The van der Waals surface area contributed by atoms with E-state index in [1.165, 1.54) is 18.3 Å². The Kier molecular flexibility index (Phi) is 4.21. The van der Waals surface area contributed by atoms with Crippen molar-refractivity contribution in [3.05, 3.63) is 53.1 Å². The number of aromatic nitrogens is 1. The Morgan fingerprint density at radius 3 is 2.57 bits per heavy atom. The lowest BCUT2D eigenvalue weighted by Gasteiger charge is -2.08. The summed E-state index contributed by atoms with van der Waals surface area (Å²) in [5, 5.41) is 7.37. The zero-order chi connectivity index (χ0) is 15.6. The number of primary sulfonamides is 1. The van der Waals surface area contributed by atoms with E-state index < -0.39 is 21.7 Å². The van der Waals surface area contributed by atoms with Crippen molar-refractivity contribution in [3.8, 4) is 0 Å². The first kappa shape index (κ1) is 15.4. The standard InChI is InChI=1S/C12H9ClFN3O3S/c13-10-4-9(21(15,19)20)1-2-11(10)17-12(18)7-3-8(14)6-16-5-7/h1-6H,(H,17,18)(H2,15,19,20). The maximum absolute atomic E-state index is 13.0. The average molecular weight is 330 g/mol. The van der Waals surface area contributed by atoms with Crippen molar-refractivity contribution in [2.45, 2.75) is 4.90 Å². The van der Waals surface area contributed by atoms with Gasteiger partial charge in [0.1, 0.15) is 5.82 Å². The Balaban J connectivity index is 2.26. The molecule has 110 valence electrons. The highest BCUT2D eigenvalue weighted by Crippen LogP contribution is 2.25. The smallest absolute Gasteiger partial charge is 0.257 e. The molecule has 0 aliphatic heterocycles. The summed E-state index contributed by atoms with van der Waals surface area (Å²) >= 11 is 5.87. The summed E-state index contributed by atoms with van der Waals surface area (Å²) in [5.74, 6) is -1.29. The molecule has 0 spiro atoms. The van der Waals surface area contributed by atoms with Crippen LogP contribution >= 0.6 is 11.6 Å².